The van der Waals surface area contributed by atoms with Crippen molar-refractivity contribution < 1.29 is 23.2 Å². The molecule has 0 aromatic heterocycles. The minimum atomic E-state index is -4.00. The molecule has 1 aromatic carbocycles. The van der Waals surface area contributed by atoms with E-state index in [4.69, 9.17) is 5.11 Å². The van der Waals surface area contributed by atoms with E-state index in [0.29, 0.717) is 24.7 Å². The second kappa shape index (κ2) is 7.79. The van der Waals surface area contributed by atoms with E-state index in [1.54, 1.807) is 0 Å². The molecule has 138 valence electrons. The van der Waals surface area contributed by atoms with Gasteiger partial charge in [-0.1, -0.05) is 6.92 Å². The van der Waals surface area contributed by atoms with E-state index in [1.807, 2.05) is 4.90 Å². The predicted octanol–water partition coefficient (Wildman–Crippen LogP) is 1.58. The van der Waals surface area contributed by atoms with Gasteiger partial charge in [-0.3, -0.25) is 14.9 Å². The summed E-state index contributed by atoms with van der Waals surface area (Å²) >= 11 is 0. The SMILES string of the molecule is CC1CCN(c2ccc(S(=O)(=O)NCCC(=O)O)cc2[N+](=O)[O-])CC1. The molecule has 0 bridgehead atoms. The first kappa shape index (κ1) is 19.1. The molecule has 2 N–H and O–H groups in total. The predicted molar refractivity (Wildman–Crippen MR) is 91.1 cm³/mol. The fraction of sp³-hybridized carbons (Fsp3) is 0.533. The maximum atomic E-state index is 12.2. The van der Waals surface area contributed by atoms with Crippen LogP contribution in [0.15, 0.2) is 23.1 Å². The highest BCUT2D eigenvalue weighted by Gasteiger charge is 2.26. The molecule has 10 heteroatoms. The van der Waals surface area contributed by atoms with Gasteiger partial charge in [0.25, 0.3) is 5.69 Å². The number of carboxylic acid groups (broad SMARTS) is 1. The lowest BCUT2D eigenvalue weighted by Gasteiger charge is -2.31. The van der Waals surface area contributed by atoms with Gasteiger partial charge in [0.2, 0.25) is 10.0 Å². The van der Waals surface area contributed by atoms with Gasteiger partial charge in [-0.25, -0.2) is 13.1 Å². The van der Waals surface area contributed by atoms with Gasteiger partial charge in [0.05, 0.1) is 16.2 Å². The van der Waals surface area contributed by atoms with Gasteiger partial charge < -0.3 is 10.0 Å². The molecule has 1 saturated heterocycles. The monoisotopic (exact) mass is 371 g/mol. The number of carboxylic acids is 1. The second-order valence-corrected chi connectivity index (χ2v) is 7.89. The normalized spacial score (nSPS) is 16.0. The number of nitro benzene ring substituents is 1. The number of benzene rings is 1. The van der Waals surface area contributed by atoms with Crippen LogP contribution in [0.3, 0.4) is 0 Å². The number of hydrogen-bond acceptors (Lipinski definition) is 6. The number of sulfonamides is 1. The van der Waals surface area contributed by atoms with E-state index < -0.39 is 20.9 Å². The van der Waals surface area contributed by atoms with Crippen molar-refractivity contribution >= 4 is 27.4 Å². The summed E-state index contributed by atoms with van der Waals surface area (Å²) in [6, 6.07) is 3.78. The molecule has 0 amide bonds. The van der Waals surface area contributed by atoms with Crippen LogP contribution in [0.25, 0.3) is 0 Å². The van der Waals surface area contributed by atoms with Gasteiger partial charge in [-0.15, -0.1) is 0 Å². The molecule has 0 radical (unpaired) electrons. The molecule has 1 fully saturated rings. The molecular weight excluding hydrogens is 350 g/mol. The average molecular weight is 371 g/mol. The number of hydrogen-bond donors (Lipinski definition) is 2. The third-order valence-electron chi connectivity index (χ3n) is 4.21. The molecule has 0 spiro atoms. The molecule has 1 aromatic rings. The van der Waals surface area contributed by atoms with Crippen LogP contribution in [-0.2, 0) is 14.8 Å². The summed E-state index contributed by atoms with van der Waals surface area (Å²) in [6.07, 6.45) is 1.48. The molecule has 0 atom stereocenters. The summed E-state index contributed by atoms with van der Waals surface area (Å²) in [5.74, 6) is -0.572. The van der Waals surface area contributed by atoms with Gasteiger partial charge in [-0.05, 0) is 30.9 Å². The van der Waals surface area contributed by atoms with E-state index in [-0.39, 0.29) is 23.5 Å². The Morgan fingerprint density at radius 2 is 2.04 bits per heavy atom. The zero-order chi connectivity index (χ0) is 18.6. The molecule has 0 unspecified atom stereocenters. The first-order valence-electron chi connectivity index (χ1n) is 7.95. The summed E-state index contributed by atoms with van der Waals surface area (Å²) in [4.78, 5) is 22.9. The maximum Gasteiger partial charge on any atom is 0.304 e. The van der Waals surface area contributed by atoms with Crippen LogP contribution in [0.1, 0.15) is 26.2 Å². The Hall–Kier alpha value is -2.20. The van der Waals surface area contributed by atoms with Crippen molar-refractivity contribution in [2.45, 2.75) is 31.1 Å². The summed E-state index contributed by atoms with van der Waals surface area (Å²) < 4.78 is 26.5. The third-order valence-corrected chi connectivity index (χ3v) is 5.67. The first-order valence-corrected chi connectivity index (χ1v) is 9.44. The molecule has 25 heavy (non-hydrogen) atoms. The number of rotatable bonds is 7. The topological polar surface area (TPSA) is 130 Å². The number of aliphatic carboxylic acids is 1. The van der Waals surface area contributed by atoms with Crippen molar-refractivity contribution in [3.8, 4) is 0 Å². The number of nitrogens with zero attached hydrogens (tertiary/aromatic N) is 2. The minimum Gasteiger partial charge on any atom is -0.481 e. The Morgan fingerprint density at radius 3 is 2.60 bits per heavy atom. The van der Waals surface area contributed by atoms with Crippen molar-refractivity contribution in [1.82, 2.24) is 4.72 Å². The fourth-order valence-electron chi connectivity index (χ4n) is 2.71. The summed E-state index contributed by atoms with van der Waals surface area (Å²) in [7, 11) is -4.00. The molecule has 9 nitrogen and oxygen atoms in total. The lowest BCUT2D eigenvalue weighted by Crippen LogP contribution is -2.33. The smallest absolute Gasteiger partial charge is 0.304 e. The lowest BCUT2D eigenvalue weighted by molar-refractivity contribution is -0.384. The third kappa shape index (κ3) is 4.89. The van der Waals surface area contributed by atoms with E-state index >= 15 is 0 Å². The van der Waals surface area contributed by atoms with Crippen LogP contribution in [0.2, 0.25) is 0 Å². The van der Waals surface area contributed by atoms with Crippen molar-refractivity contribution in [3.05, 3.63) is 28.3 Å². The average Bonchev–Trinajstić information content (AvgIpc) is 2.54. The van der Waals surface area contributed by atoms with Crippen molar-refractivity contribution in [3.63, 3.8) is 0 Å². The quantitative estimate of drug-likeness (QED) is 0.550. The minimum absolute atomic E-state index is 0.251. The molecule has 2 rings (SSSR count). The highest BCUT2D eigenvalue weighted by Crippen LogP contribution is 2.33. The van der Waals surface area contributed by atoms with E-state index in [0.717, 1.165) is 18.9 Å². The standard InChI is InChI=1S/C15H21N3O6S/c1-11-5-8-17(9-6-11)13-3-2-12(10-14(13)18(21)22)25(23,24)16-7-4-15(19)20/h2-3,10-11,16H,4-9H2,1H3,(H,19,20). The van der Waals surface area contributed by atoms with Crippen LogP contribution < -0.4 is 9.62 Å². The molecule has 1 heterocycles. The maximum absolute atomic E-state index is 12.2. The molecular formula is C15H21N3O6S. The first-order chi connectivity index (χ1) is 11.7. The van der Waals surface area contributed by atoms with Gasteiger partial charge in [0, 0.05) is 25.7 Å². The number of carbonyl (C=O) groups is 1. The highest BCUT2D eigenvalue weighted by atomic mass is 32.2. The molecule has 1 aliphatic rings. The van der Waals surface area contributed by atoms with Crippen LogP contribution in [0, 0.1) is 16.0 Å². The van der Waals surface area contributed by atoms with E-state index in [2.05, 4.69) is 11.6 Å². The van der Waals surface area contributed by atoms with Gasteiger partial charge in [0.1, 0.15) is 5.69 Å². The van der Waals surface area contributed by atoms with E-state index in [1.165, 1.54) is 12.1 Å². The van der Waals surface area contributed by atoms with Crippen molar-refractivity contribution in [1.29, 1.82) is 0 Å². The number of anilines is 1. The zero-order valence-corrected chi connectivity index (χ0v) is 14.7. The Bertz CT molecular complexity index is 757. The Labute approximate surface area is 145 Å². The summed E-state index contributed by atoms with van der Waals surface area (Å²) in [5.41, 5.74) is 0.136. The Morgan fingerprint density at radius 1 is 1.40 bits per heavy atom. The largest absolute Gasteiger partial charge is 0.481 e. The highest BCUT2D eigenvalue weighted by molar-refractivity contribution is 7.89. The van der Waals surface area contributed by atoms with Crippen molar-refractivity contribution in [2.24, 2.45) is 5.92 Å². The fourth-order valence-corrected chi connectivity index (χ4v) is 3.76. The van der Waals surface area contributed by atoms with Crippen LogP contribution >= 0.6 is 0 Å². The van der Waals surface area contributed by atoms with Gasteiger partial charge in [0.15, 0.2) is 0 Å². The van der Waals surface area contributed by atoms with Gasteiger partial charge >= 0.3 is 5.97 Å². The van der Waals surface area contributed by atoms with E-state index in [9.17, 15) is 23.3 Å². The van der Waals surface area contributed by atoms with Crippen LogP contribution in [0.5, 0.6) is 0 Å². The van der Waals surface area contributed by atoms with Crippen LogP contribution in [-0.4, -0.2) is 44.1 Å². The molecule has 0 aliphatic carbocycles. The summed E-state index contributed by atoms with van der Waals surface area (Å²) in [5, 5.41) is 20.0. The number of nitrogens with one attached hydrogen (secondary N) is 1. The summed E-state index contributed by atoms with van der Waals surface area (Å²) in [6.45, 7) is 3.22. The van der Waals surface area contributed by atoms with Crippen LogP contribution in [0.4, 0.5) is 11.4 Å². The molecule has 1 aliphatic heterocycles. The lowest BCUT2D eigenvalue weighted by atomic mass is 9.98. The molecule has 0 saturated carbocycles. The Balaban J connectivity index is 2.26. The Kier molecular flexibility index (Phi) is 5.96. The number of nitro groups is 1. The second-order valence-electron chi connectivity index (χ2n) is 6.12. The zero-order valence-electron chi connectivity index (χ0n) is 13.8. The van der Waals surface area contributed by atoms with Gasteiger partial charge in [-0.2, -0.15) is 0 Å². The number of piperidine rings is 1. The van der Waals surface area contributed by atoms with Crippen molar-refractivity contribution in [2.75, 3.05) is 24.5 Å².